The van der Waals surface area contributed by atoms with Gasteiger partial charge in [-0.3, -0.25) is 10.1 Å². The lowest BCUT2D eigenvalue weighted by Crippen LogP contribution is -2.33. The van der Waals surface area contributed by atoms with Crippen molar-refractivity contribution in [1.29, 1.82) is 0 Å². The van der Waals surface area contributed by atoms with Gasteiger partial charge in [-0.25, -0.2) is 0 Å². The Morgan fingerprint density at radius 1 is 1.19 bits per heavy atom. The number of hydrogen-bond donors (Lipinski definition) is 2. The zero-order chi connectivity index (χ0) is 19.6. The summed E-state index contributed by atoms with van der Waals surface area (Å²) in [5, 5.41) is 7.75. The first-order chi connectivity index (χ1) is 12.9. The van der Waals surface area contributed by atoms with Crippen molar-refractivity contribution in [1.82, 2.24) is 5.32 Å². The summed E-state index contributed by atoms with van der Waals surface area (Å²) in [6, 6.07) is 13.4. The predicted molar refractivity (Wildman–Crippen MR) is 121 cm³/mol. The van der Waals surface area contributed by atoms with E-state index in [1.807, 2.05) is 18.2 Å². The van der Waals surface area contributed by atoms with Crippen molar-refractivity contribution in [2.24, 2.45) is 0 Å². The molecule has 3 rings (SSSR count). The van der Waals surface area contributed by atoms with Crippen molar-refractivity contribution in [2.45, 2.75) is 26.2 Å². The minimum atomic E-state index is -0.342. The Morgan fingerprint density at radius 3 is 2.56 bits per heavy atom. The van der Waals surface area contributed by atoms with Crippen molar-refractivity contribution < 1.29 is 4.79 Å². The van der Waals surface area contributed by atoms with E-state index in [0.29, 0.717) is 20.8 Å². The Hall–Kier alpha value is -1.66. The molecule has 27 heavy (non-hydrogen) atoms. The van der Waals surface area contributed by atoms with Crippen LogP contribution in [0.1, 0.15) is 41.4 Å². The molecular formula is C20H18Cl2N2OS2. The highest BCUT2D eigenvalue weighted by Crippen LogP contribution is 2.36. The van der Waals surface area contributed by atoms with Gasteiger partial charge in [-0.1, -0.05) is 55.2 Å². The van der Waals surface area contributed by atoms with Gasteiger partial charge in [0.1, 0.15) is 4.88 Å². The number of nitrogens with one attached hydrogen (secondary N) is 2. The molecule has 3 nitrogen and oxygen atoms in total. The lowest BCUT2D eigenvalue weighted by atomic mass is 9.99. The van der Waals surface area contributed by atoms with Crippen LogP contribution in [0.15, 0.2) is 42.5 Å². The normalized spacial score (nSPS) is 12.0. The molecule has 3 aromatic rings. The molecule has 1 aromatic heterocycles. The maximum absolute atomic E-state index is 12.6. The molecule has 0 aliphatic heterocycles. The number of anilines is 1. The van der Waals surface area contributed by atoms with E-state index in [1.165, 1.54) is 16.9 Å². The van der Waals surface area contributed by atoms with Gasteiger partial charge >= 0.3 is 0 Å². The van der Waals surface area contributed by atoms with Crippen LogP contribution >= 0.6 is 46.8 Å². The third-order valence-corrected chi connectivity index (χ3v) is 6.47. The molecule has 0 radical (unpaired) electrons. The summed E-state index contributed by atoms with van der Waals surface area (Å²) in [6.45, 7) is 4.35. The molecule has 0 saturated carbocycles. The first-order valence-corrected chi connectivity index (χ1v) is 10.5. The van der Waals surface area contributed by atoms with Crippen LogP contribution < -0.4 is 10.6 Å². The van der Waals surface area contributed by atoms with Crippen LogP contribution in [0, 0.1) is 0 Å². The van der Waals surface area contributed by atoms with Crippen LogP contribution in [-0.2, 0) is 0 Å². The van der Waals surface area contributed by atoms with Gasteiger partial charge in [-0.05, 0) is 54.4 Å². The summed E-state index contributed by atoms with van der Waals surface area (Å²) < 4.78 is 0.858. The van der Waals surface area contributed by atoms with Gasteiger partial charge in [0.2, 0.25) is 0 Å². The highest BCUT2D eigenvalue weighted by Gasteiger charge is 2.18. The molecule has 0 unspecified atom stereocenters. The van der Waals surface area contributed by atoms with Crippen LogP contribution in [0.3, 0.4) is 0 Å². The third kappa shape index (κ3) is 4.61. The molecule has 0 aliphatic rings. The number of fused-ring (bicyclic) bond motifs is 1. The van der Waals surface area contributed by atoms with Crippen LogP contribution in [0.25, 0.3) is 10.1 Å². The molecule has 0 bridgehead atoms. The van der Waals surface area contributed by atoms with Crippen LogP contribution in [0.4, 0.5) is 5.69 Å². The van der Waals surface area contributed by atoms with Gasteiger partial charge in [0.25, 0.3) is 5.91 Å². The van der Waals surface area contributed by atoms with Crippen molar-refractivity contribution in [3.8, 4) is 0 Å². The Morgan fingerprint density at radius 2 is 1.89 bits per heavy atom. The highest BCUT2D eigenvalue weighted by molar-refractivity contribution is 7.80. The topological polar surface area (TPSA) is 41.1 Å². The van der Waals surface area contributed by atoms with Crippen molar-refractivity contribution in [3.63, 3.8) is 0 Å². The van der Waals surface area contributed by atoms with Crippen LogP contribution in [-0.4, -0.2) is 11.0 Å². The van der Waals surface area contributed by atoms with Gasteiger partial charge < -0.3 is 5.32 Å². The fourth-order valence-electron chi connectivity index (χ4n) is 2.64. The molecule has 7 heteroatoms. The van der Waals surface area contributed by atoms with E-state index < -0.39 is 0 Å². The van der Waals surface area contributed by atoms with E-state index in [1.54, 1.807) is 12.1 Å². The summed E-state index contributed by atoms with van der Waals surface area (Å²) in [5.41, 5.74) is 2.09. The lowest BCUT2D eigenvalue weighted by molar-refractivity contribution is 0.0982. The maximum atomic E-state index is 12.6. The van der Waals surface area contributed by atoms with Gasteiger partial charge in [0.15, 0.2) is 5.11 Å². The lowest BCUT2D eigenvalue weighted by Gasteiger charge is -2.12. The number of carbonyl (C=O) groups excluding carboxylic acids is 1. The van der Waals surface area contributed by atoms with Crippen LogP contribution in [0.5, 0.6) is 0 Å². The summed E-state index contributed by atoms with van der Waals surface area (Å²) in [6.07, 6.45) is 1.09. The summed E-state index contributed by atoms with van der Waals surface area (Å²) in [7, 11) is 0. The second-order valence-electron chi connectivity index (χ2n) is 6.23. The standard InChI is InChI=1S/C20H18Cl2N2OS2/c1-3-11(2)12-4-7-14(8-5-12)23-20(26)24-19(25)18-17(22)15-9-6-13(21)10-16(15)27-18/h4-11H,3H2,1-2H3,(H2,23,24,25,26)/t11-/m1/s1. The fourth-order valence-corrected chi connectivity index (χ4v) is 4.54. The van der Waals surface area contributed by atoms with E-state index in [-0.39, 0.29) is 11.0 Å². The van der Waals surface area contributed by atoms with Gasteiger partial charge in [-0.15, -0.1) is 11.3 Å². The average Bonchev–Trinajstić information content (AvgIpc) is 2.97. The Kier molecular flexibility index (Phi) is 6.37. The fraction of sp³-hybridized carbons (Fsp3) is 0.200. The Bertz CT molecular complexity index is 999. The van der Waals surface area contributed by atoms with E-state index in [9.17, 15) is 4.79 Å². The predicted octanol–water partition coefficient (Wildman–Crippen LogP) is 6.85. The molecule has 0 saturated heterocycles. The molecule has 0 spiro atoms. The molecule has 2 aromatic carbocycles. The molecule has 2 N–H and O–H groups in total. The number of hydrogen-bond acceptors (Lipinski definition) is 3. The first kappa shape index (κ1) is 20.1. The smallest absolute Gasteiger partial charge is 0.269 e. The Labute approximate surface area is 177 Å². The molecule has 140 valence electrons. The molecule has 0 aliphatic carbocycles. The Balaban J connectivity index is 1.69. The number of thiophene rings is 1. The first-order valence-electron chi connectivity index (χ1n) is 8.49. The summed E-state index contributed by atoms with van der Waals surface area (Å²) in [4.78, 5) is 13.0. The highest BCUT2D eigenvalue weighted by atomic mass is 35.5. The van der Waals surface area contributed by atoms with Crippen molar-refractivity contribution in [2.75, 3.05) is 5.32 Å². The number of amides is 1. The van der Waals surface area contributed by atoms with Crippen molar-refractivity contribution >= 4 is 73.5 Å². The largest absolute Gasteiger partial charge is 0.332 e. The summed E-state index contributed by atoms with van der Waals surface area (Å²) >= 11 is 18.9. The SMILES string of the molecule is CC[C@@H](C)c1ccc(NC(=S)NC(=O)c2sc3cc(Cl)ccc3c2Cl)cc1. The van der Waals surface area contributed by atoms with E-state index in [0.717, 1.165) is 22.2 Å². The maximum Gasteiger partial charge on any atom is 0.269 e. The molecular weight excluding hydrogens is 419 g/mol. The quantitative estimate of drug-likeness (QED) is 0.439. The second-order valence-corrected chi connectivity index (χ2v) is 8.50. The number of thiocarbonyl (C=S) groups is 1. The third-order valence-electron chi connectivity index (χ3n) is 4.37. The molecule has 1 heterocycles. The molecule has 1 amide bonds. The number of halogens is 2. The van der Waals surface area contributed by atoms with E-state index >= 15 is 0 Å². The average molecular weight is 437 g/mol. The molecule has 1 atom stereocenters. The number of rotatable bonds is 4. The number of carbonyl (C=O) groups is 1. The van der Waals surface area contributed by atoms with Gasteiger partial charge in [0, 0.05) is 20.8 Å². The summed E-state index contributed by atoms with van der Waals surface area (Å²) in [5.74, 6) is 0.167. The van der Waals surface area contributed by atoms with Crippen molar-refractivity contribution in [3.05, 3.63) is 63.0 Å². The van der Waals surface area contributed by atoms with Crippen LogP contribution in [0.2, 0.25) is 10.0 Å². The van der Waals surface area contributed by atoms with E-state index in [2.05, 4.69) is 36.6 Å². The number of benzene rings is 2. The zero-order valence-corrected chi connectivity index (χ0v) is 18.0. The molecule has 0 fully saturated rings. The second kappa shape index (κ2) is 8.57. The van der Waals surface area contributed by atoms with Gasteiger partial charge in [0.05, 0.1) is 5.02 Å². The minimum absolute atomic E-state index is 0.225. The monoisotopic (exact) mass is 436 g/mol. The zero-order valence-electron chi connectivity index (χ0n) is 14.8. The van der Waals surface area contributed by atoms with E-state index in [4.69, 9.17) is 35.4 Å². The van der Waals surface area contributed by atoms with Gasteiger partial charge in [-0.2, -0.15) is 0 Å². The minimum Gasteiger partial charge on any atom is -0.332 e.